The lowest BCUT2D eigenvalue weighted by molar-refractivity contribution is 0.331. The number of hydrogen-bond donors (Lipinski definition) is 0. The molecule has 0 spiro atoms. The number of hydrogen-bond acceptors (Lipinski definition) is 3. The summed E-state index contributed by atoms with van der Waals surface area (Å²) < 4.78 is 21.0. The zero-order valence-electron chi connectivity index (χ0n) is 19.1. The number of likely N-dealkylation sites (N-methyl/N-ethyl adjacent to an activating group) is 1. The number of aromatic nitrogens is 2. The fraction of sp³-hybridized carbons (Fsp3) is 0.138. The number of benzene rings is 3. The van der Waals surface area contributed by atoms with Gasteiger partial charge in [-0.25, -0.2) is 9.07 Å². The van der Waals surface area contributed by atoms with Gasteiger partial charge in [-0.3, -0.25) is 0 Å². The van der Waals surface area contributed by atoms with E-state index >= 15 is 0 Å². The topological polar surface area (TPSA) is 34.2 Å². The van der Waals surface area contributed by atoms with Crippen molar-refractivity contribution in [2.24, 2.45) is 0 Å². The van der Waals surface area contributed by atoms with Crippen LogP contribution in [0, 0.1) is 5.82 Å². The van der Waals surface area contributed by atoms with Gasteiger partial charge in [0.25, 0.3) is 0 Å². The molecular formula is C29H26FN3O. The smallest absolute Gasteiger partial charge is 0.152 e. The van der Waals surface area contributed by atoms with Crippen molar-refractivity contribution in [1.29, 1.82) is 0 Å². The normalized spacial score (nSPS) is 11.3. The van der Waals surface area contributed by atoms with Gasteiger partial charge in [0.05, 0.1) is 18.1 Å². The molecular weight excluding hydrogens is 425 g/mol. The lowest BCUT2D eigenvalue weighted by Gasteiger charge is -2.17. The number of furan rings is 1. The highest BCUT2D eigenvalue weighted by Crippen LogP contribution is 2.29. The summed E-state index contributed by atoms with van der Waals surface area (Å²) in [6.07, 6.45) is 4.60. The van der Waals surface area contributed by atoms with Crippen LogP contribution in [0.15, 0.2) is 108 Å². The van der Waals surface area contributed by atoms with Gasteiger partial charge in [0.2, 0.25) is 0 Å². The average Bonchev–Trinajstić information content (AvgIpc) is 3.54. The summed E-state index contributed by atoms with van der Waals surface area (Å²) in [5, 5.41) is 4.71. The molecule has 0 aliphatic rings. The zero-order valence-corrected chi connectivity index (χ0v) is 19.1. The second kappa shape index (κ2) is 9.89. The van der Waals surface area contributed by atoms with Crippen molar-refractivity contribution in [3.63, 3.8) is 0 Å². The number of halogens is 1. The predicted octanol–water partition coefficient (Wildman–Crippen LogP) is 6.61. The van der Waals surface area contributed by atoms with E-state index in [2.05, 4.69) is 36.2 Å². The maximum Gasteiger partial charge on any atom is 0.152 e. The standard InChI is InChI=1S/C29H26FN3O/c1-32(18-17-22-6-3-2-4-7-22)21-25-20-31-33(29(25)28-8-5-19-34-28)27-15-11-24(12-16-27)23-9-13-26(30)14-10-23/h2-16,19-20H,17-18,21H2,1H3. The molecule has 2 heterocycles. The van der Waals surface area contributed by atoms with Crippen molar-refractivity contribution in [3.8, 4) is 28.3 Å². The molecule has 0 fully saturated rings. The van der Waals surface area contributed by atoms with Crippen LogP contribution in [0.1, 0.15) is 11.1 Å². The molecule has 2 aromatic heterocycles. The van der Waals surface area contributed by atoms with Crippen LogP contribution in [0.4, 0.5) is 4.39 Å². The SMILES string of the molecule is CN(CCc1ccccc1)Cc1cnn(-c2ccc(-c3ccc(F)cc3)cc2)c1-c1ccco1. The van der Waals surface area contributed by atoms with Gasteiger partial charge in [0, 0.05) is 18.7 Å². The van der Waals surface area contributed by atoms with E-state index in [4.69, 9.17) is 9.52 Å². The third-order valence-electron chi connectivity index (χ3n) is 5.95. The fourth-order valence-electron chi connectivity index (χ4n) is 4.14. The van der Waals surface area contributed by atoms with Crippen LogP contribution in [0.3, 0.4) is 0 Å². The van der Waals surface area contributed by atoms with Gasteiger partial charge in [-0.1, -0.05) is 54.6 Å². The molecule has 0 unspecified atom stereocenters. The average molecular weight is 452 g/mol. The molecule has 0 saturated carbocycles. The minimum absolute atomic E-state index is 0.235. The maximum atomic E-state index is 13.3. The van der Waals surface area contributed by atoms with Crippen LogP contribution in [-0.2, 0) is 13.0 Å². The molecule has 5 aromatic rings. The number of rotatable bonds is 8. The molecule has 0 amide bonds. The zero-order chi connectivity index (χ0) is 23.3. The highest BCUT2D eigenvalue weighted by atomic mass is 19.1. The third-order valence-corrected chi connectivity index (χ3v) is 5.95. The van der Waals surface area contributed by atoms with Crippen LogP contribution in [0.25, 0.3) is 28.3 Å². The molecule has 0 aliphatic carbocycles. The molecule has 0 aliphatic heterocycles. The molecule has 170 valence electrons. The summed E-state index contributed by atoms with van der Waals surface area (Å²) >= 11 is 0. The number of nitrogens with zero attached hydrogens (tertiary/aromatic N) is 3. The summed E-state index contributed by atoms with van der Waals surface area (Å²) in [4.78, 5) is 2.30. The lowest BCUT2D eigenvalue weighted by atomic mass is 10.1. The Bertz CT molecular complexity index is 1320. The lowest BCUT2D eigenvalue weighted by Crippen LogP contribution is -2.21. The Morgan fingerprint density at radius 1 is 0.853 bits per heavy atom. The summed E-state index contributed by atoms with van der Waals surface area (Å²) in [6.45, 7) is 1.70. The van der Waals surface area contributed by atoms with E-state index < -0.39 is 0 Å². The fourth-order valence-corrected chi connectivity index (χ4v) is 4.14. The summed E-state index contributed by atoms with van der Waals surface area (Å²) in [7, 11) is 2.13. The molecule has 3 aromatic carbocycles. The van der Waals surface area contributed by atoms with Crippen molar-refractivity contribution in [2.75, 3.05) is 13.6 Å². The molecule has 4 nitrogen and oxygen atoms in total. The van der Waals surface area contributed by atoms with Crippen LogP contribution < -0.4 is 0 Å². The van der Waals surface area contributed by atoms with Gasteiger partial charge >= 0.3 is 0 Å². The monoisotopic (exact) mass is 451 g/mol. The van der Waals surface area contributed by atoms with Gasteiger partial charge in [-0.05, 0) is 66.6 Å². The van der Waals surface area contributed by atoms with Crippen LogP contribution in [-0.4, -0.2) is 28.3 Å². The minimum Gasteiger partial charge on any atom is -0.463 e. The van der Waals surface area contributed by atoms with E-state index in [1.807, 2.05) is 53.3 Å². The van der Waals surface area contributed by atoms with Crippen molar-refractivity contribution < 1.29 is 8.81 Å². The molecule has 0 radical (unpaired) electrons. The van der Waals surface area contributed by atoms with E-state index in [1.165, 1.54) is 17.7 Å². The summed E-state index contributed by atoms with van der Waals surface area (Å²) in [5.74, 6) is 0.549. The van der Waals surface area contributed by atoms with Gasteiger partial charge in [0.15, 0.2) is 5.76 Å². The quantitative estimate of drug-likeness (QED) is 0.266. The minimum atomic E-state index is -0.235. The first-order chi connectivity index (χ1) is 16.7. The van der Waals surface area contributed by atoms with Crippen molar-refractivity contribution in [1.82, 2.24) is 14.7 Å². The second-order valence-corrected chi connectivity index (χ2v) is 8.43. The highest BCUT2D eigenvalue weighted by Gasteiger charge is 2.18. The molecule has 34 heavy (non-hydrogen) atoms. The molecule has 5 rings (SSSR count). The first-order valence-electron chi connectivity index (χ1n) is 11.4. The van der Waals surface area contributed by atoms with Crippen LogP contribution in [0.2, 0.25) is 0 Å². The van der Waals surface area contributed by atoms with E-state index in [9.17, 15) is 4.39 Å². The Balaban J connectivity index is 1.39. The van der Waals surface area contributed by atoms with E-state index in [-0.39, 0.29) is 5.82 Å². The van der Waals surface area contributed by atoms with Crippen LogP contribution >= 0.6 is 0 Å². The largest absolute Gasteiger partial charge is 0.463 e. The molecule has 0 N–H and O–H groups in total. The van der Waals surface area contributed by atoms with Crippen molar-refractivity contribution in [3.05, 3.63) is 120 Å². The highest BCUT2D eigenvalue weighted by molar-refractivity contribution is 5.66. The Kier molecular flexibility index (Phi) is 6.36. The predicted molar refractivity (Wildman–Crippen MR) is 133 cm³/mol. The first kappa shape index (κ1) is 21.9. The van der Waals surface area contributed by atoms with Gasteiger partial charge in [0.1, 0.15) is 11.5 Å². The third kappa shape index (κ3) is 4.85. The summed E-state index contributed by atoms with van der Waals surface area (Å²) in [6, 6.07) is 29.0. The Morgan fingerprint density at radius 3 is 2.24 bits per heavy atom. The molecule has 0 bridgehead atoms. The molecule has 5 heteroatoms. The van der Waals surface area contributed by atoms with Gasteiger partial charge in [-0.15, -0.1) is 0 Å². The van der Waals surface area contributed by atoms with Crippen LogP contribution in [0.5, 0.6) is 0 Å². The van der Waals surface area contributed by atoms with E-state index in [0.29, 0.717) is 0 Å². The van der Waals surface area contributed by atoms with Crippen molar-refractivity contribution >= 4 is 0 Å². The second-order valence-electron chi connectivity index (χ2n) is 8.43. The maximum absolute atomic E-state index is 13.3. The Morgan fingerprint density at radius 2 is 1.56 bits per heavy atom. The Labute approximate surface area is 198 Å². The van der Waals surface area contributed by atoms with Crippen molar-refractivity contribution in [2.45, 2.75) is 13.0 Å². The van der Waals surface area contributed by atoms with Gasteiger partial charge < -0.3 is 9.32 Å². The first-order valence-corrected chi connectivity index (χ1v) is 11.4. The molecule has 0 saturated heterocycles. The summed E-state index contributed by atoms with van der Waals surface area (Å²) in [5.41, 5.74) is 6.32. The molecule has 0 atom stereocenters. The van der Waals surface area contributed by atoms with E-state index in [0.717, 1.165) is 53.3 Å². The van der Waals surface area contributed by atoms with Gasteiger partial charge in [-0.2, -0.15) is 5.10 Å². The van der Waals surface area contributed by atoms with E-state index in [1.54, 1.807) is 18.4 Å². The Hall–Kier alpha value is -3.96.